The highest BCUT2D eigenvalue weighted by Crippen LogP contribution is 2.20. The maximum absolute atomic E-state index is 11.7. The summed E-state index contributed by atoms with van der Waals surface area (Å²) in [5, 5.41) is 21.0. The Morgan fingerprint density at radius 2 is 2.10 bits per heavy atom. The molecule has 0 aliphatic carbocycles. The zero-order chi connectivity index (χ0) is 15.4. The van der Waals surface area contributed by atoms with E-state index in [0.29, 0.717) is 19.6 Å². The van der Waals surface area contributed by atoms with Crippen molar-refractivity contribution in [2.75, 3.05) is 26.2 Å². The number of amides is 3. The first kappa shape index (κ1) is 14.8. The summed E-state index contributed by atoms with van der Waals surface area (Å²) >= 11 is 0. The number of urea groups is 1. The van der Waals surface area contributed by atoms with Crippen LogP contribution in [0.1, 0.15) is 23.5 Å². The zero-order valence-corrected chi connectivity index (χ0v) is 11.4. The first-order valence-corrected chi connectivity index (χ1v) is 6.45. The fourth-order valence-electron chi connectivity index (χ4n) is 1.87. The topological polar surface area (TPSA) is 129 Å². The van der Waals surface area contributed by atoms with E-state index >= 15 is 0 Å². The van der Waals surface area contributed by atoms with E-state index in [-0.39, 0.29) is 30.2 Å². The lowest BCUT2D eigenvalue weighted by Gasteiger charge is -2.38. The molecule has 0 saturated carbocycles. The van der Waals surface area contributed by atoms with Crippen LogP contribution in [0.2, 0.25) is 0 Å². The van der Waals surface area contributed by atoms with Crippen molar-refractivity contribution in [1.29, 1.82) is 0 Å². The number of carboxylic acids is 1. The minimum absolute atomic E-state index is 0.0691. The molecule has 0 unspecified atom stereocenters. The molecule has 10 heteroatoms. The number of carboxylic acid groups (broad SMARTS) is 1. The van der Waals surface area contributed by atoms with E-state index < -0.39 is 5.97 Å². The first-order chi connectivity index (χ1) is 10.0. The highest BCUT2D eigenvalue weighted by Gasteiger charge is 2.33. The minimum Gasteiger partial charge on any atom is -0.476 e. The van der Waals surface area contributed by atoms with Crippen LogP contribution in [-0.2, 0) is 4.79 Å². The predicted molar refractivity (Wildman–Crippen MR) is 69.7 cm³/mol. The number of nitrogens with one attached hydrogen (secondary N) is 2. The van der Waals surface area contributed by atoms with Crippen molar-refractivity contribution in [3.8, 4) is 0 Å². The molecule has 1 aromatic heterocycles. The quantitative estimate of drug-likeness (QED) is 0.618. The Morgan fingerprint density at radius 1 is 1.38 bits per heavy atom. The van der Waals surface area contributed by atoms with E-state index in [0.717, 1.165) is 0 Å². The average molecular weight is 296 g/mol. The van der Waals surface area contributed by atoms with Gasteiger partial charge in [0.1, 0.15) is 0 Å². The van der Waals surface area contributed by atoms with E-state index in [2.05, 4.69) is 20.9 Å². The molecule has 1 fully saturated rings. The second kappa shape index (κ2) is 6.20. The number of nitrogens with zero attached hydrogens (tertiary/aromatic N) is 4. The first-order valence-electron chi connectivity index (χ1n) is 6.45. The Bertz CT molecular complexity index is 551. The Balaban J connectivity index is 1.76. The normalized spacial score (nSPS) is 14.4. The molecular weight excluding hydrogens is 280 g/mol. The van der Waals surface area contributed by atoms with E-state index in [4.69, 9.17) is 5.11 Å². The molecule has 3 amide bonds. The number of carbonyl (C=O) groups is 3. The molecule has 1 aliphatic heterocycles. The molecular formula is C11H16N6O4. The SMILES string of the molecule is CCNC(=O)CNC(=O)N1CC(n2cc(C(=O)O)nn2)C1. The summed E-state index contributed by atoms with van der Waals surface area (Å²) < 4.78 is 1.43. The van der Waals surface area contributed by atoms with Crippen molar-refractivity contribution in [3.05, 3.63) is 11.9 Å². The standard InChI is InChI=1S/C11H16N6O4/c1-2-12-9(18)3-13-11(21)16-4-7(5-16)17-6-8(10(19)20)14-15-17/h6-7H,2-5H2,1H3,(H,12,18)(H,13,21)(H,19,20). The van der Waals surface area contributed by atoms with Crippen LogP contribution in [0.25, 0.3) is 0 Å². The Kier molecular flexibility index (Phi) is 4.36. The number of likely N-dealkylation sites (N-methyl/N-ethyl adjacent to an activating group) is 1. The van der Waals surface area contributed by atoms with Crippen molar-refractivity contribution in [2.24, 2.45) is 0 Å². The van der Waals surface area contributed by atoms with Crippen LogP contribution in [-0.4, -0.2) is 69.1 Å². The minimum atomic E-state index is -1.14. The van der Waals surface area contributed by atoms with Gasteiger partial charge in [0.2, 0.25) is 5.91 Å². The smallest absolute Gasteiger partial charge is 0.358 e. The van der Waals surface area contributed by atoms with Crippen LogP contribution in [0.4, 0.5) is 4.79 Å². The van der Waals surface area contributed by atoms with Crippen molar-refractivity contribution >= 4 is 17.9 Å². The maximum atomic E-state index is 11.7. The van der Waals surface area contributed by atoms with E-state index in [1.54, 1.807) is 6.92 Å². The van der Waals surface area contributed by atoms with Crippen molar-refractivity contribution in [3.63, 3.8) is 0 Å². The van der Waals surface area contributed by atoms with E-state index in [1.807, 2.05) is 0 Å². The molecule has 0 bridgehead atoms. The number of aromatic nitrogens is 3. The van der Waals surface area contributed by atoms with Crippen LogP contribution < -0.4 is 10.6 Å². The van der Waals surface area contributed by atoms with Crippen LogP contribution in [0.3, 0.4) is 0 Å². The number of rotatable bonds is 5. The summed E-state index contributed by atoms with van der Waals surface area (Å²) in [4.78, 5) is 35.1. The van der Waals surface area contributed by atoms with Gasteiger partial charge in [-0.05, 0) is 6.92 Å². The lowest BCUT2D eigenvalue weighted by atomic mass is 10.1. The van der Waals surface area contributed by atoms with Gasteiger partial charge < -0.3 is 20.6 Å². The molecule has 114 valence electrons. The summed E-state index contributed by atoms with van der Waals surface area (Å²) in [7, 11) is 0. The third kappa shape index (κ3) is 3.46. The van der Waals surface area contributed by atoms with Crippen LogP contribution in [0, 0.1) is 0 Å². The monoisotopic (exact) mass is 296 g/mol. The molecule has 2 rings (SSSR count). The summed E-state index contributed by atoms with van der Waals surface area (Å²) in [5.41, 5.74) is -0.130. The number of likely N-dealkylation sites (tertiary alicyclic amines) is 1. The van der Waals surface area contributed by atoms with Gasteiger partial charge in [0, 0.05) is 19.6 Å². The van der Waals surface area contributed by atoms with Gasteiger partial charge in [-0.15, -0.1) is 5.10 Å². The van der Waals surface area contributed by atoms with Gasteiger partial charge in [-0.3, -0.25) is 4.79 Å². The maximum Gasteiger partial charge on any atom is 0.358 e. The van der Waals surface area contributed by atoms with Crippen LogP contribution in [0.5, 0.6) is 0 Å². The second-order valence-electron chi connectivity index (χ2n) is 4.56. The molecule has 1 aliphatic rings. The number of aromatic carboxylic acids is 1. The molecule has 1 saturated heterocycles. The second-order valence-corrected chi connectivity index (χ2v) is 4.56. The summed E-state index contributed by atoms with van der Waals surface area (Å²) in [6.07, 6.45) is 1.33. The van der Waals surface area contributed by atoms with Gasteiger partial charge in [-0.2, -0.15) is 0 Å². The highest BCUT2D eigenvalue weighted by atomic mass is 16.4. The molecule has 0 radical (unpaired) electrons. The largest absolute Gasteiger partial charge is 0.476 e. The molecule has 3 N–H and O–H groups in total. The van der Waals surface area contributed by atoms with Gasteiger partial charge in [0.15, 0.2) is 5.69 Å². The van der Waals surface area contributed by atoms with Gasteiger partial charge in [0.05, 0.1) is 18.8 Å². The van der Waals surface area contributed by atoms with E-state index in [1.165, 1.54) is 15.8 Å². The Labute approximate surface area is 120 Å². The Morgan fingerprint density at radius 3 is 2.67 bits per heavy atom. The third-order valence-corrected chi connectivity index (χ3v) is 3.03. The number of hydrogen-bond donors (Lipinski definition) is 3. The van der Waals surface area contributed by atoms with E-state index in [9.17, 15) is 14.4 Å². The fraction of sp³-hybridized carbons (Fsp3) is 0.545. The number of hydrogen-bond acceptors (Lipinski definition) is 5. The summed E-state index contributed by atoms with van der Waals surface area (Å²) in [6, 6.07) is -0.433. The molecule has 1 aromatic rings. The van der Waals surface area contributed by atoms with Crippen LogP contribution in [0.15, 0.2) is 6.20 Å². The van der Waals surface area contributed by atoms with Crippen LogP contribution >= 0.6 is 0 Å². The van der Waals surface area contributed by atoms with Gasteiger partial charge in [-0.25, -0.2) is 14.3 Å². The van der Waals surface area contributed by atoms with Crippen molar-refractivity contribution in [1.82, 2.24) is 30.5 Å². The molecule has 0 aromatic carbocycles. The van der Waals surface area contributed by atoms with Crippen molar-refractivity contribution in [2.45, 2.75) is 13.0 Å². The van der Waals surface area contributed by atoms with Gasteiger partial charge in [0.25, 0.3) is 0 Å². The lowest BCUT2D eigenvalue weighted by Crippen LogP contribution is -2.55. The highest BCUT2D eigenvalue weighted by molar-refractivity contribution is 5.85. The van der Waals surface area contributed by atoms with Gasteiger partial charge in [-0.1, -0.05) is 5.21 Å². The lowest BCUT2D eigenvalue weighted by molar-refractivity contribution is -0.120. The average Bonchev–Trinajstić information content (AvgIpc) is 2.84. The number of carbonyl (C=O) groups excluding carboxylic acids is 2. The molecule has 2 heterocycles. The summed E-state index contributed by atoms with van der Waals surface area (Å²) in [5.74, 6) is -1.39. The fourth-order valence-corrected chi connectivity index (χ4v) is 1.87. The zero-order valence-electron chi connectivity index (χ0n) is 11.4. The Hall–Kier alpha value is -2.65. The molecule has 0 atom stereocenters. The van der Waals surface area contributed by atoms with Crippen molar-refractivity contribution < 1.29 is 19.5 Å². The summed E-state index contributed by atoms with van der Waals surface area (Å²) in [6.45, 7) is 3.02. The molecule has 0 spiro atoms. The third-order valence-electron chi connectivity index (χ3n) is 3.03. The molecule has 10 nitrogen and oxygen atoms in total. The molecule has 21 heavy (non-hydrogen) atoms. The van der Waals surface area contributed by atoms with Gasteiger partial charge >= 0.3 is 12.0 Å². The predicted octanol–water partition coefficient (Wildman–Crippen LogP) is -1.32.